The summed E-state index contributed by atoms with van der Waals surface area (Å²) < 4.78 is 18.8. The molecule has 1 saturated carbocycles. The second-order valence-electron chi connectivity index (χ2n) is 9.25. The molecule has 1 unspecified atom stereocenters. The number of methoxy groups -OCH3 is 1. The van der Waals surface area contributed by atoms with Crippen molar-refractivity contribution in [3.8, 4) is 34.0 Å². The van der Waals surface area contributed by atoms with Crippen molar-refractivity contribution < 1.29 is 14.2 Å². The minimum Gasteiger partial charge on any atom is -0.507 e. The fourth-order valence-corrected chi connectivity index (χ4v) is 4.66. The van der Waals surface area contributed by atoms with Gasteiger partial charge in [-0.25, -0.2) is 0 Å². The molecule has 0 aliphatic heterocycles. The van der Waals surface area contributed by atoms with Crippen LogP contribution in [-0.4, -0.2) is 40.5 Å². The van der Waals surface area contributed by atoms with Gasteiger partial charge in [-0.3, -0.25) is 0 Å². The standard InChI is InChI=1S/C26H31FN4O2/c1-16-5-6-17(2)12-20(11-16)31(3)25-10-9-22(29-30-25)21-8-7-18(13-23(21)32)19-14-24(27)28-26(15-19)33-4/h7-10,13-17,20,32H,5-6,11-12H2,1-4H3/t16-,17+,20?. The van der Waals surface area contributed by atoms with Crippen LogP contribution >= 0.6 is 0 Å². The molecule has 1 N–H and O–H groups in total. The predicted molar refractivity (Wildman–Crippen MR) is 128 cm³/mol. The third kappa shape index (κ3) is 5.24. The maximum Gasteiger partial charge on any atom is 0.216 e. The minimum atomic E-state index is -0.643. The molecular formula is C26H31FN4O2. The first kappa shape index (κ1) is 23.0. The van der Waals surface area contributed by atoms with Crippen LogP contribution in [0.15, 0.2) is 42.5 Å². The van der Waals surface area contributed by atoms with Crippen molar-refractivity contribution in [2.75, 3.05) is 19.1 Å². The van der Waals surface area contributed by atoms with Gasteiger partial charge in [0.15, 0.2) is 5.82 Å². The first-order valence-electron chi connectivity index (χ1n) is 11.5. The summed E-state index contributed by atoms with van der Waals surface area (Å²) in [5.41, 5.74) is 2.36. The van der Waals surface area contributed by atoms with E-state index in [4.69, 9.17) is 4.74 Å². The number of hydrogen-bond acceptors (Lipinski definition) is 6. The van der Waals surface area contributed by atoms with E-state index in [1.807, 2.05) is 12.1 Å². The fraction of sp³-hybridized carbons (Fsp3) is 0.423. The Kier molecular flexibility index (Phi) is 6.77. The van der Waals surface area contributed by atoms with Crippen LogP contribution in [0.5, 0.6) is 11.6 Å². The van der Waals surface area contributed by atoms with Crippen molar-refractivity contribution in [3.05, 3.63) is 48.4 Å². The highest BCUT2D eigenvalue weighted by molar-refractivity contribution is 5.74. The summed E-state index contributed by atoms with van der Waals surface area (Å²) in [6.45, 7) is 4.66. The predicted octanol–water partition coefficient (Wildman–Crippen LogP) is 5.71. The van der Waals surface area contributed by atoms with Crippen molar-refractivity contribution >= 4 is 5.82 Å². The zero-order chi connectivity index (χ0) is 23.5. The number of aromatic hydroxyl groups is 1. The second kappa shape index (κ2) is 9.73. The molecule has 2 aromatic heterocycles. The van der Waals surface area contributed by atoms with Gasteiger partial charge < -0.3 is 14.7 Å². The van der Waals surface area contributed by atoms with Crippen molar-refractivity contribution in [2.45, 2.75) is 45.6 Å². The number of anilines is 1. The van der Waals surface area contributed by atoms with E-state index in [2.05, 4.69) is 41.0 Å². The minimum absolute atomic E-state index is 0.0468. The Bertz CT molecular complexity index is 1090. The SMILES string of the molecule is COc1cc(-c2ccc(-c3ccc(N(C)C4C[C@H](C)CC[C@H](C)C4)nn3)c(O)c2)cc(F)n1. The van der Waals surface area contributed by atoms with Gasteiger partial charge in [0.2, 0.25) is 11.8 Å². The second-order valence-corrected chi connectivity index (χ2v) is 9.25. The highest BCUT2D eigenvalue weighted by Crippen LogP contribution is 2.34. The molecule has 4 rings (SSSR count). The molecule has 7 heteroatoms. The number of halogens is 1. The number of rotatable bonds is 5. The van der Waals surface area contributed by atoms with Gasteiger partial charge in [0.05, 0.1) is 12.8 Å². The van der Waals surface area contributed by atoms with Crippen LogP contribution in [-0.2, 0) is 0 Å². The normalized spacial score (nSPS) is 20.8. The Morgan fingerprint density at radius 1 is 0.970 bits per heavy atom. The van der Waals surface area contributed by atoms with E-state index in [1.54, 1.807) is 24.3 Å². The van der Waals surface area contributed by atoms with Crippen LogP contribution in [0.25, 0.3) is 22.4 Å². The number of aromatic nitrogens is 3. The van der Waals surface area contributed by atoms with Crippen molar-refractivity contribution in [1.29, 1.82) is 0 Å². The molecule has 3 aromatic rings. The van der Waals surface area contributed by atoms with Gasteiger partial charge in [0.25, 0.3) is 0 Å². The van der Waals surface area contributed by atoms with E-state index in [9.17, 15) is 9.50 Å². The molecule has 0 spiro atoms. The Labute approximate surface area is 194 Å². The molecule has 1 fully saturated rings. The maximum absolute atomic E-state index is 13.8. The van der Waals surface area contributed by atoms with Crippen LogP contribution in [0.4, 0.5) is 10.2 Å². The van der Waals surface area contributed by atoms with E-state index in [1.165, 1.54) is 26.0 Å². The summed E-state index contributed by atoms with van der Waals surface area (Å²) in [6, 6.07) is 12.4. The molecule has 1 aromatic carbocycles. The summed E-state index contributed by atoms with van der Waals surface area (Å²) in [7, 11) is 3.52. The lowest BCUT2D eigenvalue weighted by molar-refractivity contribution is 0.388. The third-order valence-electron chi connectivity index (χ3n) is 6.65. The molecule has 33 heavy (non-hydrogen) atoms. The lowest BCUT2D eigenvalue weighted by atomic mass is 9.98. The topological polar surface area (TPSA) is 71.4 Å². The average molecular weight is 451 g/mol. The van der Waals surface area contributed by atoms with Crippen LogP contribution in [0, 0.1) is 17.8 Å². The summed E-state index contributed by atoms with van der Waals surface area (Å²) >= 11 is 0. The molecule has 0 saturated heterocycles. The number of phenolic OH excluding ortho intramolecular Hbond substituents is 1. The van der Waals surface area contributed by atoms with Gasteiger partial charge in [0.1, 0.15) is 5.75 Å². The lowest BCUT2D eigenvalue weighted by Gasteiger charge is -2.30. The first-order chi connectivity index (χ1) is 15.8. The number of pyridine rings is 1. The number of nitrogens with zero attached hydrogens (tertiary/aromatic N) is 4. The Balaban J connectivity index is 1.55. The van der Waals surface area contributed by atoms with Gasteiger partial charge in [-0.2, -0.15) is 9.37 Å². The van der Waals surface area contributed by atoms with Crippen molar-refractivity contribution in [3.63, 3.8) is 0 Å². The lowest BCUT2D eigenvalue weighted by Crippen LogP contribution is -2.34. The molecule has 2 heterocycles. The van der Waals surface area contributed by atoms with E-state index < -0.39 is 5.95 Å². The van der Waals surface area contributed by atoms with E-state index in [-0.39, 0.29) is 11.6 Å². The average Bonchev–Trinajstić information content (AvgIpc) is 2.98. The fourth-order valence-electron chi connectivity index (χ4n) is 4.66. The van der Waals surface area contributed by atoms with Crippen LogP contribution in [0.2, 0.25) is 0 Å². The number of ether oxygens (including phenoxy) is 1. The first-order valence-corrected chi connectivity index (χ1v) is 11.5. The number of benzene rings is 1. The summed E-state index contributed by atoms with van der Waals surface area (Å²) in [5, 5.41) is 19.5. The highest BCUT2D eigenvalue weighted by Gasteiger charge is 2.25. The van der Waals surface area contributed by atoms with Crippen LogP contribution in [0.1, 0.15) is 39.5 Å². The van der Waals surface area contributed by atoms with E-state index >= 15 is 0 Å². The molecular weight excluding hydrogens is 419 g/mol. The molecule has 0 amide bonds. The molecule has 1 aliphatic carbocycles. The maximum atomic E-state index is 13.8. The monoisotopic (exact) mass is 450 g/mol. The highest BCUT2D eigenvalue weighted by atomic mass is 19.1. The molecule has 6 nitrogen and oxygen atoms in total. The third-order valence-corrected chi connectivity index (χ3v) is 6.65. The van der Waals surface area contributed by atoms with Gasteiger partial charge in [-0.15, -0.1) is 10.2 Å². The van der Waals surface area contributed by atoms with Crippen LogP contribution in [0.3, 0.4) is 0 Å². The van der Waals surface area contributed by atoms with E-state index in [0.717, 1.165) is 18.7 Å². The molecule has 0 bridgehead atoms. The Morgan fingerprint density at radius 2 is 1.70 bits per heavy atom. The molecule has 3 atom stereocenters. The Morgan fingerprint density at radius 3 is 2.30 bits per heavy atom. The summed E-state index contributed by atoms with van der Waals surface area (Å²) in [4.78, 5) is 5.90. The molecule has 1 aliphatic rings. The number of phenols is 1. The zero-order valence-electron chi connectivity index (χ0n) is 19.6. The molecule has 0 radical (unpaired) electrons. The van der Waals surface area contributed by atoms with Crippen LogP contribution < -0.4 is 9.64 Å². The van der Waals surface area contributed by atoms with Gasteiger partial charge in [0, 0.05) is 30.8 Å². The molecule has 174 valence electrons. The van der Waals surface area contributed by atoms with Crippen molar-refractivity contribution in [2.24, 2.45) is 11.8 Å². The van der Waals surface area contributed by atoms with Gasteiger partial charge >= 0.3 is 0 Å². The van der Waals surface area contributed by atoms with Gasteiger partial charge in [-0.1, -0.05) is 32.8 Å². The largest absolute Gasteiger partial charge is 0.507 e. The van der Waals surface area contributed by atoms with E-state index in [0.29, 0.717) is 40.3 Å². The number of hydrogen-bond donors (Lipinski definition) is 1. The zero-order valence-corrected chi connectivity index (χ0v) is 19.6. The quantitative estimate of drug-likeness (QED) is 0.397. The smallest absolute Gasteiger partial charge is 0.216 e. The Hall–Kier alpha value is -3.22. The van der Waals surface area contributed by atoms with Crippen molar-refractivity contribution in [1.82, 2.24) is 15.2 Å². The summed E-state index contributed by atoms with van der Waals surface area (Å²) in [5.74, 6) is 1.83. The van der Waals surface area contributed by atoms with Gasteiger partial charge in [-0.05, 0) is 60.1 Å². The summed E-state index contributed by atoms with van der Waals surface area (Å²) in [6.07, 6.45) is 4.88.